The average molecular weight is 413 g/mol. The number of hydrogen-bond donors (Lipinski definition) is 1. The minimum absolute atomic E-state index is 0.00647. The Labute approximate surface area is 163 Å². The molecule has 0 saturated carbocycles. The minimum Gasteiger partial charge on any atom is -0.338 e. The van der Waals surface area contributed by atoms with Gasteiger partial charge in [-0.25, -0.2) is 13.6 Å². The molecule has 0 aliphatic carbocycles. The summed E-state index contributed by atoms with van der Waals surface area (Å²) in [5, 5.41) is 5.79. The number of carbonyl (C=O) groups excluding carboxylic acids is 1. The third kappa shape index (κ3) is 5.74. The van der Waals surface area contributed by atoms with E-state index in [0.717, 1.165) is 16.9 Å². The SMILES string of the molecule is CC(c1ccc(S(N)(=O)=O)cc1)N(C)C(=O)CSCc1ccc(Cl)cc1. The van der Waals surface area contributed by atoms with Gasteiger partial charge in [0.05, 0.1) is 16.7 Å². The van der Waals surface area contributed by atoms with Crippen LogP contribution in [0, 0.1) is 0 Å². The molecule has 140 valence electrons. The zero-order valence-electron chi connectivity index (χ0n) is 14.6. The molecule has 5 nitrogen and oxygen atoms in total. The summed E-state index contributed by atoms with van der Waals surface area (Å²) in [6, 6.07) is 13.6. The Kier molecular flexibility index (Phi) is 7.11. The van der Waals surface area contributed by atoms with Crippen molar-refractivity contribution in [3.63, 3.8) is 0 Å². The van der Waals surface area contributed by atoms with E-state index in [0.29, 0.717) is 10.8 Å². The van der Waals surface area contributed by atoms with Crippen molar-refractivity contribution in [2.24, 2.45) is 5.14 Å². The molecule has 2 N–H and O–H groups in total. The van der Waals surface area contributed by atoms with Crippen LogP contribution in [0.15, 0.2) is 53.4 Å². The van der Waals surface area contributed by atoms with E-state index in [4.69, 9.17) is 16.7 Å². The second-order valence-corrected chi connectivity index (χ2v) is 8.90. The van der Waals surface area contributed by atoms with Gasteiger partial charge in [-0.1, -0.05) is 35.9 Å². The molecule has 0 radical (unpaired) electrons. The van der Waals surface area contributed by atoms with Crippen molar-refractivity contribution in [2.75, 3.05) is 12.8 Å². The Morgan fingerprint density at radius 3 is 2.27 bits per heavy atom. The van der Waals surface area contributed by atoms with E-state index in [1.54, 1.807) is 24.1 Å². The summed E-state index contributed by atoms with van der Waals surface area (Å²) in [5.74, 6) is 1.10. The van der Waals surface area contributed by atoms with Crippen molar-refractivity contribution in [1.82, 2.24) is 4.90 Å². The maximum absolute atomic E-state index is 12.4. The van der Waals surface area contributed by atoms with E-state index < -0.39 is 10.0 Å². The van der Waals surface area contributed by atoms with Gasteiger partial charge in [0.15, 0.2) is 0 Å². The molecule has 0 bridgehead atoms. The third-order valence-corrected chi connectivity index (χ3v) is 6.24. The van der Waals surface area contributed by atoms with Gasteiger partial charge >= 0.3 is 0 Å². The third-order valence-electron chi connectivity index (χ3n) is 4.07. The number of amides is 1. The van der Waals surface area contributed by atoms with Gasteiger partial charge in [0, 0.05) is 17.8 Å². The Bertz CT molecular complexity index is 853. The topological polar surface area (TPSA) is 80.5 Å². The number of sulfonamides is 1. The number of hydrogen-bond acceptors (Lipinski definition) is 4. The highest BCUT2D eigenvalue weighted by Crippen LogP contribution is 2.22. The number of benzene rings is 2. The molecule has 0 heterocycles. The highest BCUT2D eigenvalue weighted by Gasteiger charge is 2.18. The normalized spacial score (nSPS) is 12.6. The lowest BCUT2D eigenvalue weighted by Gasteiger charge is -2.25. The number of halogens is 1. The smallest absolute Gasteiger partial charge is 0.238 e. The first kappa shape index (κ1) is 20.8. The maximum Gasteiger partial charge on any atom is 0.238 e. The molecular weight excluding hydrogens is 392 g/mol. The van der Waals surface area contributed by atoms with E-state index in [-0.39, 0.29) is 16.8 Å². The first-order chi connectivity index (χ1) is 12.2. The van der Waals surface area contributed by atoms with Crippen LogP contribution in [0.4, 0.5) is 0 Å². The maximum atomic E-state index is 12.4. The van der Waals surface area contributed by atoms with Crippen LogP contribution in [0.3, 0.4) is 0 Å². The fourth-order valence-electron chi connectivity index (χ4n) is 2.31. The molecule has 8 heteroatoms. The predicted octanol–water partition coefficient (Wildman–Crippen LogP) is 3.44. The molecule has 0 aromatic heterocycles. The Balaban J connectivity index is 1.91. The minimum atomic E-state index is -3.72. The molecule has 1 atom stereocenters. The standard InChI is InChI=1S/C18H21ClN2O3S2/c1-13(15-5-9-17(10-6-15)26(20,23)24)21(2)18(22)12-25-11-14-3-7-16(19)8-4-14/h3-10,13H,11-12H2,1-2H3,(H2,20,23,24). The van der Waals surface area contributed by atoms with Gasteiger partial charge in [-0.15, -0.1) is 11.8 Å². The fraction of sp³-hybridized carbons (Fsp3) is 0.278. The summed E-state index contributed by atoms with van der Waals surface area (Å²) in [5.41, 5.74) is 1.96. The highest BCUT2D eigenvalue weighted by molar-refractivity contribution is 7.99. The highest BCUT2D eigenvalue weighted by atomic mass is 35.5. The molecule has 2 aromatic rings. The van der Waals surface area contributed by atoms with E-state index in [9.17, 15) is 13.2 Å². The molecule has 0 aliphatic rings. The second-order valence-electron chi connectivity index (χ2n) is 5.91. The van der Waals surface area contributed by atoms with Crippen molar-refractivity contribution >= 4 is 39.3 Å². The first-order valence-electron chi connectivity index (χ1n) is 7.89. The van der Waals surface area contributed by atoms with Crippen LogP contribution < -0.4 is 5.14 Å². The molecule has 2 aromatic carbocycles. The quantitative estimate of drug-likeness (QED) is 0.755. The van der Waals surface area contributed by atoms with Crippen molar-refractivity contribution in [2.45, 2.75) is 23.6 Å². The Hall–Kier alpha value is -1.54. The van der Waals surface area contributed by atoms with Gasteiger partial charge in [-0.2, -0.15) is 0 Å². The summed E-state index contributed by atoms with van der Waals surface area (Å²) in [7, 11) is -1.98. The van der Waals surface area contributed by atoms with Gasteiger partial charge in [0.2, 0.25) is 15.9 Å². The molecule has 1 unspecified atom stereocenters. The van der Waals surface area contributed by atoms with Gasteiger partial charge in [-0.05, 0) is 42.3 Å². The molecule has 26 heavy (non-hydrogen) atoms. The summed E-state index contributed by atoms with van der Waals surface area (Å²) < 4.78 is 22.6. The number of carbonyl (C=O) groups is 1. The van der Waals surface area contributed by atoms with Gasteiger partial charge in [-0.3, -0.25) is 4.79 Å². The fourth-order valence-corrected chi connectivity index (χ4v) is 3.86. The average Bonchev–Trinajstić information content (AvgIpc) is 2.61. The lowest BCUT2D eigenvalue weighted by atomic mass is 10.1. The van der Waals surface area contributed by atoms with Crippen LogP contribution >= 0.6 is 23.4 Å². The number of nitrogens with zero attached hydrogens (tertiary/aromatic N) is 1. The van der Waals surface area contributed by atoms with Crippen LogP contribution in [-0.2, 0) is 20.6 Å². The van der Waals surface area contributed by atoms with E-state index in [1.165, 1.54) is 23.9 Å². The van der Waals surface area contributed by atoms with Crippen molar-refractivity contribution in [3.8, 4) is 0 Å². The van der Waals surface area contributed by atoms with Crippen LogP contribution in [0.2, 0.25) is 5.02 Å². The van der Waals surface area contributed by atoms with Crippen LogP contribution in [0.5, 0.6) is 0 Å². The predicted molar refractivity (Wildman–Crippen MR) is 107 cm³/mol. The molecule has 0 saturated heterocycles. The monoisotopic (exact) mass is 412 g/mol. The van der Waals surface area contributed by atoms with Crippen molar-refractivity contribution in [3.05, 3.63) is 64.7 Å². The van der Waals surface area contributed by atoms with E-state index >= 15 is 0 Å². The van der Waals surface area contributed by atoms with Crippen LogP contribution in [0.25, 0.3) is 0 Å². The van der Waals surface area contributed by atoms with E-state index in [1.807, 2.05) is 31.2 Å². The largest absolute Gasteiger partial charge is 0.338 e. The Morgan fingerprint density at radius 2 is 1.73 bits per heavy atom. The number of primary sulfonamides is 1. The van der Waals surface area contributed by atoms with E-state index in [2.05, 4.69) is 0 Å². The first-order valence-corrected chi connectivity index (χ1v) is 11.0. The van der Waals surface area contributed by atoms with Gasteiger partial charge in [0.1, 0.15) is 0 Å². The number of thioether (sulfide) groups is 1. The zero-order valence-corrected chi connectivity index (χ0v) is 16.9. The molecule has 0 fully saturated rings. The number of rotatable bonds is 7. The summed E-state index contributed by atoms with van der Waals surface area (Å²) in [4.78, 5) is 14.1. The number of nitrogens with two attached hydrogens (primary N) is 1. The zero-order chi connectivity index (χ0) is 19.3. The second kappa shape index (κ2) is 8.90. The Morgan fingerprint density at radius 1 is 1.15 bits per heavy atom. The lowest BCUT2D eigenvalue weighted by molar-refractivity contribution is -0.128. The molecular formula is C18H21ClN2O3S2. The van der Waals surface area contributed by atoms with Gasteiger partial charge < -0.3 is 4.90 Å². The van der Waals surface area contributed by atoms with Crippen molar-refractivity contribution in [1.29, 1.82) is 0 Å². The summed E-state index contributed by atoms with van der Waals surface area (Å²) >= 11 is 7.39. The van der Waals surface area contributed by atoms with Gasteiger partial charge in [0.25, 0.3) is 0 Å². The molecule has 0 aliphatic heterocycles. The van der Waals surface area contributed by atoms with Crippen LogP contribution in [-0.4, -0.2) is 32.0 Å². The summed E-state index contributed by atoms with van der Waals surface area (Å²) in [6.45, 7) is 1.90. The summed E-state index contributed by atoms with van der Waals surface area (Å²) in [6.07, 6.45) is 0. The van der Waals surface area contributed by atoms with Crippen molar-refractivity contribution < 1.29 is 13.2 Å². The molecule has 1 amide bonds. The molecule has 2 rings (SSSR count). The van der Waals surface area contributed by atoms with Crippen LogP contribution in [0.1, 0.15) is 24.1 Å². The molecule has 0 spiro atoms. The lowest BCUT2D eigenvalue weighted by Crippen LogP contribution is -2.31.